The number of hydrogen-bond acceptors (Lipinski definition) is 4. The first kappa shape index (κ1) is 13.5. The number of anilines is 1. The zero-order valence-corrected chi connectivity index (χ0v) is 11.9. The maximum absolute atomic E-state index is 11.8. The molecule has 1 aromatic heterocycles. The molecule has 0 spiro atoms. The van der Waals surface area contributed by atoms with Crippen LogP contribution in [0.5, 0.6) is 0 Å². The van der Waals surface area contributed by atoms with E-state index in [4.69, 9.17) is 0 Å². The van der Waals surface area contributed by atoms with Crippen molar-refractivity contribution in [3.05, 3.63) is 52.4 Å². The van der Waals surface area contributed by atoms with Gasteiger partial charge in [0.1, 0.15) is 11.5 Å². The van der Waals surface area contributed by atoms with E-state index in [0.29, 0.717) is 18.1 Å². The summed E-state index contributed by atoms with van der Waals surface area (Å²) in [6.07, 6.45) is 2.97. The Morgan fingerprint density at radius 1 is 1.21 bits per heavy atom. The molecule has 0 unspecified atom stereocenters. The maximum atomic E-state index is 11.8. The summed E-state index contributed by atoms with van der Waals surface area (Å²) in [7, 11) is 1.75. The fraction of sp³-hybridized carbons (Fsp3) is 0.154. The van der Waals surface area contributed by atoms with Crippen LogP contribution in [0.3, 0.4) is 0 Å². The van der Waals surface area contributed by atoms with Crippen LogP contribution in [-0.4, -0.2) is 22.9 Å². The van der Waals surface area contributed by atoms with Crippen LogP contribution in [0.4, 0.5) is 5.82 Å². The third kappa shape index (κ3) is 3.75. The van der Waals surface area contributed by atoms with Crippen LogP contribution < -0.4 is 10.6 Å². The number of benzene rings is 1. The van der Waals surface area contributed by atoms with Gasteiger partial charge >= 0.3 is 0 Å². The van der Waals surface area contributed by atoms with E-state index in [2.05, 4.69) is 36.5 Å². The normalized spacial score (nSPS) is 10.0. The van der Waals surface area contributed by atoms with Gasteiger partial charge in [-0.1, -0.05) is 28.1 Å². The van der Waals surface area contributed by atoms with Crippen molar-refractivity contribution in [3.63, 3.8) is 0 Å². The van der Waals surface area contributed by atoms with Crippen LogP contribution in [0.2, 0.25) is 0 Å². The van der Waals surface area contributed by atoms with Gasteiger partial charge in [-0.05, 0) is 17.7 Å². The van der Waals surface area contributed by atoms with Gasteiger partial charge in [-0.25, -0.2) is 9.97 Å². The van der Waals surface area contributed by atoms with Gasteiger partial charge in [0, 0.05) is 18.1 Å². The predicted octanol–water partition coefficient (Wildman–Crippen LogP) is 2.21. The van der Waals surface area contributed by atoms with E-state index in [1.807, 2.05) is 24.3 Å². The quantitative estimate of drug-likeness (QED) is 0.906. The Hall–Kier alpha value is -1.95. The Balaban J connectivity index is 1.95. The van der Waals surface area contributed by atoms with E-state index in [1.165, 1.54) is 12.4 Å². The number of amides is 1. The van der Waals surface area contributed by atoms with Crippen LogP contribution in [-0.2, 0) is 6.54 Å². The third-order valence-corrected chi connectivity index (χ3v) is 3.04. The van der Waals surface area contributed by atoms with Gasteiger partial charge in [0.05, 0.1) is 12.4 Å². The molecule has 0 aliphatic heterocycles. The lowest BCUT2D eigenvalue weighted by atomic mass is 10.2. The van der Waals surface area contributed by atoms with Gasteiger partial charge in [-0.3, -0.25) is 4.79 Å². The van der Waals surface area contributed by atoms with Crippen molar-refractivity contribution < 1.29 is 4.79 Å². The van der Waals surface area contributed by atoms with E-state index in [9.17, 15) is 4.79 Å². The number of nitrogens with one attached hydrogen (secondary N) is 2. The predicted molar refractivity (Wildman–Crippen MR) is 76.9 cm³/mol. The van der Waals surface area contributed by atoms with Crippen molar-refractivity contribution in [2.24, 2.45) is 0 Å². The van der Waals surface area contributed by atoms with E-state index in [1.54, 1.807) is 7.05 Å². The van der Waals surface area contributed by atoms with Gasteiger partial charge in [-0.15, -0.1) is 0 Å². The summed E-state index contributed by atoms with van der Waals surface area (Å²) in [6.45, 7) is 0.460. The molecule has 98 valence electrons. The van der Waals surface area contributed by atoms with Crippen molar-refractivity contribution in [2.45, 2.75) is 6.54 Å². The summed E-state index contributed by atoms with van der Waals surface area (Å²) in [5.74, 6) is 0.391. The fourth-order valence-electron chi connectivity index (χ4n) is 1.45. The third-order valence-electron chi connectivity index (χ3n) is 2.51. The van der Waals surface area contributed by atoms with Crippen LogP contribution >= 0.6 is 15.9 Å². The first-order valence-electron chi connectivity index (χ1n) is 5.71. The molecule has 2 aromatic rings. The molecule has 5 nitrogen and oxygen atoms in total. The Morgan fingerprint density at radius 2 is 1.95 bits per heavy atom. The molecule has 0 radical (unpaired) electrons. The average Bonchev–Trinajstić information content (AvgIpc) is 2.46. The molecule has 0 saturated carbocycles. The smallest absolute Gasteiger partial charge is 0.271 e. The minimum absolute atomic E-state index is 0.238. The number of nitrogens with zero attached hydrogens (tertiary/aromatic N) is 2. The van der Waals surface area contributed by atoms with Gasteiger partial charge < -0.3 is 10.6 Å². The highest BCUT2D eigenvalue weighted by Crippen LogP contribution is 2.10. The molecule has 2 rings (SSSR count). The zero-order chi connectivity index (χ0) is 13.7. The van der Waals surface area contributed by atoms with E-state index < -0.39 is 0 Å². The Labute approximate surface area is 119 Å². The van der Waals surface area contributed by atoms with Gasteiger partial charge in [0.25, 0.3) is 5.91 Å². The number of hydrogen-bond donors (Lipinski definition) is 2. The van der Waals surface area contributed by atoms with E-state index in [0.717, 1.165) is 10.0 Å². The van der Waals surface area contributed by atoms with E-state index in [-0.39, 0.29) is 5.91 Å². The SMILES string of the molecule is CNc1cnc(C(=O)NCc2ccc(Br)cc2)cn1. The van der Waals surface area contributed by atoms with Gasteiger partial charge in [0.15, 0.2) is 0 Å². The molecule has 0 bridgehead atoms. The van der Waals surface area contributed by atoms with Crippen LogP contribution in [0, 0.1) is 0 Å². The largest absolute Gasteiger partial charge is 0.372 e. The number of carbonyl (C=O) groups is 1. The van der Waals surface area contributed by atoms with Crippen molar-refractivity contribution in [1.29, 1.82) is 0 Å². The first-order valence-corrected chi connectivity index (χ1v) is 6.51. The molecule has 1 amide bonds. The molecule has 0 aliphatic rings. The molecular formula is C13H13BrN4O. The summed E-state index contributed by atoms with van der Waals surface area (Å²) >= 11 is 3.36. The van der Waals surface area contributed by atoms with Crippen molar-refractivity contribution in [1.82, 2.24) is 15.3 Å². The van der Waals surface area contributed by atoms with Gasteiger partial charge in [-0.2, -0.15) is 0 Å². The summed E-state index contributed by atoms with van der Waals surface area (Å²) < 4.78 is 1.01. The highest BCUT2D eigenvalue weighted by Gasteiger charge is 2.07. The summed E-state index contributed by atoms with van der Waals surface area (Å²) in [6, 6.07) is 7.76. The Bertz CT molecular complexity index is 554. The fourth-order valence-corrected chi connectivity index (χ4v) is 1.71. The first-order chi connectivity index (χ1) is 9.19. The Kier molecular flexibility index (Phi) is 4.46. The molecule has 0 aliphatic carbocycles. The number of halogens is 1. The van der Waals surface area contributed by atoms with Crippen LogP contribution in [0.15, 0.2) is 41.1 Å². The molecule has 0 saturated heterocycles. The second-order valence-corrected chi connectivity index (χ2v) is 4.76. The molecule has 1 aromatic carbocycles. The standard InChI is InChI=1S/C13H13BrN4O/c1-15-12-8-16-11(7-17-12)13(19)18-6-9-2-4-10(14)5-3-9/h2-5,7-8H,6H2,1H3,(H,15,17)(H,18,19). The minimum Gasteiger partial charge on any atom is -0.372 e. The Morgan fingerprint density at radius 3 is 2.53 bits per heavy atom. The van der Waals surface area contributed by atoms with Crippen molar-refractivity contribution >= 4 is 27.7 Å². The zero-order valence-electron chi connectivity index (χ0n) is 10.4. The monoisotopic (exact) mass is 320 g/mol. The topological polar surface area (TPSA) is 66.9 Å². The van der Waals surface area contributed by atoms with Crippen LogP contribution in [0.25, 0.3) is 0 Å². The lowest BCUT2D eigenvalue weighted by molar-refractivity contribution is 0.0945. The summed E-state index contributed by atoms with van der Waals surface area (Å²) in [5, 5.41) is 5.64. The average molecular weight is 321 g/mol. The number of carbonyl (C=O) groups excluding carboxylic acids is 1. The second-order valence-electron chi connectivity index (χ2n) is 3.85. The van der Waals surface area contributed by atoms with E-state index >= 15 is 0 Å². The molecular weight excluding hydrogens is 308 g/mol. The maximum Gasteiger partial charge on any atom is 0.271 e. The molecule has 0 fully saturated rings. The molecule has 19 heavy (non-hydrogen) atoms. The number of aromatic nitrogens is 2. The second kappa shape index (κ2) is 6.29. The summed E-state index contributed by atoms with van der Waals surface area (Å²) in [5.41, 5.74) is 1.33. The minimum atomic E-state index is -0.238. The van der Waals surface area contributed by atoms with Crippen molar-refractivity contribution in [3.8, 4) is 0 Å². The van der Waals surface area contributed by atoms with Crippen LogP contribution in [0.1, 0.15) is 16.1 Å². The summed E-state index contributed by atoms with van der Waals surface area (Å²) in [4.78, 5) is 19.9. The highest BCUT2D eigenvalue weighted by atomic mass is 79.9. The number of rotatable bonds is 4. The molecule has 6 heteroatoms. The molecule has 1 heterocycles. The molecule has 2 N–H and O–H groups in total. The van der Waals surface area contributed by atoms with Gasteiger partial charge in [0.2, 0.25) is 0 Å². The highest BCUT2D eigenvalue weighted by molar-refractivity contribution is 9.10. The lowest BCUT2D eigenvalue weighted by Crippen LogP contribution is -2.24. The lowest BCUT2D eigenvalue weighted by Gasteiger charge is -2.05. The molecule has 0 atom stereocenters. The van der Waals surface area contributed by atoms with Crippen molar-refractivity contribution in [2.75, 3.05) is 12.4 Å².